The fourth-order valence-corrected chi connectivity index (χ4v) is 2.67. The van der Waals surface area contributed by atoms with Crippen LogP contribution in [0.4, 0.5) is 11.4 Å². The maximum absolute atomic E-state index is 5.98. The second-order valence-corrected chi connectivity index (χ2v) is 5.73. The SMILES string of the molecule is CCN(CCCN=C(N)Nc1ccc(OC)c(OC)c1)c1ccccc1.I. The Morgan fingerprint density at radius 1 is 1.07 bits per heavy atom. The number of nitrogens with one attached hydrogen (secondary N) is 1. The molecule has 0 saturated heterocycles. The summed E-state index contributed by atoms with van der Waals surface area (Å²) in [6.45, 7) is 4.72. The Bertz CT molecular complexity index is 710. The highest BCUT2D eigenvalue weighted by Gasteiger charge is 2.05. The van der Waals surface area contributed by atoms with Crippen LogP contribution in [0.25, 0.3) is 0 Å². The third kappa shape index (κ3) is 7.16. The molecule has 148 valence electrons. The molecule has 0 aromatic heterocycles. The molecule has 0 radical (unpaired) electrons. The maximum atomic E-state index is 5.98. The highest BCUT2D eigenvalue weighted by Crippen LogP contribution is 2.29. The number of benzene rings is 2. The van der Waals surface area contributed by atoms with E-state index in [2.05, 4.69) is 46.4 Å². The molecule has 0 saturated carbocycles. The highest BCUT2D eigenvalue weighted by atomic mass is 127. The number of nitrogens with zero attached hydrogens (tertiary/aromatic N) is 2. The summed E-state index contributed by atoms with van der Waals surface area (Å²) in [5.41, 5.74) is 8.02. The Balaban J connectivity index is 0.00000364. The average Bonchev–Trinajstić information content (AvgIpc) is 2.68. The number of guanidine groups is 1. The Morgan fingerprint density at radius 3 is 2.41 bits per heavy atom. The summed E-state index contributed by atoms with van der Waals surface area (Å²) < 4.78 is 10.5. The van der Waals surface area contributed by atoms with Gasteiger partial charge in [-0.2, -0.15) is 0 Å². The first kappa shape index (κ1) is 22.9. The monoisotopic (exact) mass is 484 g/mol. The van der Waals surface area contributed by atoms with E-state index in [9.17, 15) is 0 Å². The van der Waals surface area contributed by atoms with Crippen LogP contribution in [0.3, 0.4) is 0 Å². The van der Waals surface area contributed by atoms with Gasteiger partial charge in [0.15, 0.2) is 17.5 Å². The summed E-state index contributed by atoms with van der Waals surface area (Å²) in [5, 5.41) is 3.08. The van der Waals surface area contributed by atoms with E-state index in [0.29, 0.717) is 24.0 Å². The topological polar surface area (TPSA) is 72.1 Å². The molecule has 27 heavy (non-hydrogen) atoms. The lowest BCUT2D eigenvalue weighted by Gasteiger charge is -2.22. The minimum Gasteiger partial charge on any atom is -0.493 e. The standard InChI is InChI=1S/C20H28N4O2.HI/c1-4-24(17-9-6-5-7-10-17)14-8-13-22-20(21)23-16-11-12-18(25-2)19(15-16)26-3;/h5-7,9-12,15H,4,8,13-14H2,1-3H3,(H3,21,22,23);1H. The lowest BCUT2D eigenvalue weighted by molar-refractivity contribution is 0.355. The van der Waals surface area contributed by atoms with Crippen molar-refractivity contribution in [2.45, 2.75) is 13.3 Å². The number of para-hydroxylation sites is 1. The molecule has 0 spiro atoms. The van der Waals surface area contributed by atoms with E-state index in [1.165, 1.54) is 5.69 Å². The Labute approximate surface area is 178 Å². The lowest BCUT2D eigenvalue weighted by Crippen LogP contribution is -2.26. The second kappa shape index (κ2) is 12.3. The molecule has 0 amide bonds. The van der Waals surface area contributed by atoms with Gasteiger partial charge >= 0.3 is 0 Å². The fourth-order valence-electron chi connectivity index (χ4n) is 2.67. The normalized spacial score (nSPS) is 10.7. The Kier molecular flexibility index (Phi) is 10.4. The van der Waals surface area contributed by atoms with E-state index in [-0.39, 0.29) is 24.0 Å². The average molecular weight is 484 g/mol. The van der Waals surface area contributed by atoms with Crippen molar-refractivity contribution >= 4 is 41.3 Å². The number of hydrogen-bond donors (Lipinski definition) is 2. The van der Waals surface area contributed by atoms with Gasteiger partial charge in [0.1, 0.15) is 0 Å². The van der Waals surface area contributed by atoms with E-state index < -0.39 is 0 Å². The van der Waals surface area contributed by atoms with Crippen molar-refractivity contribution in [2.75, 3.05) is 44.1 Å². The summed E-state index contributed by atoms with van der Waals surface area (Å²) in [4.78, 5) is 6.73. The Morgan fingerprint density at radius 2 is 1.78 bits per heavy atom. The molecule has 0 unspecified atom stereocenters. The van der Waals surface area contributed by atoms with Gasteiger partial charge in [0.25, 0.3) is 0 Å². The van der Waals surface area contributed by atoms with Gasteiger partial charge in [-0.25, -0.2) is 0 Å². The summed E-state index contributed by atoms with van der Waals surface area (Å²) in [6.07, 6.45) is 0.928. The molecule has 0 aliphatic carbocycles. The van der Waals surface area contributed by atoms with E-state index in [4.69, 9.17) is 15.2 Å². The highest BCUT2D eigenvalue weighted by molar-refractivity contribution is 14.0. The van der Waals surface area contributed by atoms with Gasteiger partial charge in [-0.15, -0.1) is 24.0 Å². The molecule has 0 bridgehead atoms. The quantitative estimate of drug-likeness (QED) is 0.244. The van der Waals surface area contributed by atoms with Crippen molar-refractivity contribution in [1.29, 1.82) is 0 Å². The molecule has 0 atom stereocenters. The molecule has 0 heterocycles. The van der Waals surface area contributed by atoms with Crippen molar-refractivity contribution in [3.8, 4) is 11.5 Å². The van der Waals surface area contributed by atoms with Crippen LogP contribution in [-0.4, -0.2) is 39.8 Å². The second-order valence-electron chi connectivity index (χ2n) is 5.73. The smallest absolute Gasteiger partial charge is 0.193 e. The molecule has 3 N–H and O–H groups in total. The number of hydrogen-bond acceptors (Lipinski definition) is 4. The number of nitrogens with two attached hydrogens (primary N) is 1. The number of aliphatic imine (C=N–C) groups is 1. The van der Waals surface area contributed by atoms with Gasteiger partial charge < -0.3 is 25.4 Å². The maximum Gasteiger partial charge on any atom is 0.193 e. The van der Waals surface area contributed by atoms with Crippen LogP contribution >= 0.6 is 24.0 Å². The van der Waals surface area contributed by atoms with Crippen LogP contribution in [0.2, 0.25) is 0 Å². The summed E-state index contributed by atoms with van der Waals surface area (Å²) >= 11 is 0. The first-order valence-electron chi connectivity index (χ1n) is 8.77. The molecular weight excluding hydrogens is 455 g/mol. The molecule has 0 fully saturated rings. The van der Waals surface area contributed by atoms with Crippen LogP contribution in [-0.2, 0) is 0 Å². The predicted molar refractivity (Wildman–Crippen MR) is 124 cm³/mol. The van der Waals surface area contributed by atoms with Crippen molar-refractivity contribution in [3.63, 3.8) is 0 Å². The third-order valence-corrected chi connectivity index (χ3v) is 4.03. The molecule has 2 rings (SSSR count). The van der Waals surface area contributed by atoms with E-state index in [0.717, 1.165) is 25.2 Å². The summed E-state index contributed by atoms with van der Waals surface area (Å²) in [7, 11) is 3.21. The first-order chi connectivity index (χ1) is 12.7. The fraction of sp³-hybridized carbons (Fsp3) is 0.350. The molecule has 0 aliphatic heterocycles. The molecule has 2 aromatic carbocycles. The number of methoxy groups -OCH3 is 2. The van der Waals surface area contributed by atoms with Crippen molar-refractivity contribution in [3.05, 3.63) is 48.5 Å². The van der Waals surface area contributed by atoms with Crippen LogP contribution in [0.15, 0.2) is 53.5 Å². The summed E-state index contributed by atoms with van der Waals surface area (Å²) in [6, 6.07) is 15.9. The van der Waals surface area contributed by atoms with Gasteiger partial charge in [0, 0.05) is 37.1 Å². The molecule has 0 aliphatic rings. The minimum absolute atomic E-state index is 0. The number of rotatable bonds is 9. The zero-order valence-corrected chi connectivity index (χ0v) is 18.5. The molecular formula is C20H29IN4O2. The van der Waals surface area contributed by atoms with E-state index in [1.807, 2.05) is 24.3 Å². The third-order valence-electron chi connectivity index (χ3n) is 4.03. The van der Waals surface area contributed by atoms with Gasteiger partial charge in [-0.05, 0) is 37.6 Å². The summed E-state index contributed by atoms with van der Waals surface area (Å²) in [5.74, 6) is 1.71. The van der Waals surface area contributed by atoms with E-state index in [1.54, 1.807) is 14.2 Å². The molecule has 2 aromatic rings. The van der Waals surface area contributed by atoms with Crippen molar-refractivity contribution in [1.82, 2.24) is 0 Å². The van der Waals surface area contributed by atoms with Crippen LogP contribution in [0.5, 0.6) is 11.5 Å². The van der Waals surface area contributed by atoms with Gasteiger partial charge in [-0.1, -0.05) is 18.2 Å². The minimum atomic E-state index is 0. The zero-order chi connectivity index (χ0) is 18.8. The van der Waals surface area contributed by atoms with Gasteiger partial charge in [0.05, 0.1) is 14.2 Å². The van der Waals surface area contributed by atoms with E-state index >= 15 is 0 Å². The van der Waals surface area contributed by atoms with Gasteiger partial charge in [0.2, 0.25) is 0 Å². The number of halogens is 1. The molecule has 7 heteroatoms. The van der Waals surface area contributed by atoms with Crippen molar-refractivity contribution in [2.24, 2.45) is 10.7 Å². The molecule has 6 nitrogen and oxygen atoms in total. The number of ether oxygens (including phenoxy) is 2. The largest absolute Gasteiger partial charge is 0.493 e. The van der Waals surface area contributed by atoms with Gasteiger partial charge in [-0.3, -0.25) is 4.99 Å². The Hall–Kier alpha value is -2.16. The van der Waals surface area contributed by atoms with Crippen LogP contribution < -0.4 is 25.4 Å². The first-order valence-corrected chi connectivity index (χ1v) is 8.77. The number of anilines is 2. The van der Waals surface area contributed by atoms with Crippen LogP contribution in [0, 0.1) is 0 Å². The van der Waals surface area contributed by atoms with Crippen LogP contribution in [0.1, 0.15) is 13.3 Å². The predicted octanol–water partition coefficient (Wildman–Crippen LogP) is 3.97. The zero-order valence-electron chi connectivity index (χ0n) is 16.1. The van der Waals surface area contributed by atoms with Crippen molar-refractivity contribution < 1.29 is 9.47 Å². The lowest BCUT2D eigenvalue weighted by atomic mass is 10.2.